The molecule has 1 unspecified atom stereocenters. The summed E-state index contributed by atoms with van der Waals surface area (Å²) in [6.07, 6.45) is 1.77. The van der Waals surface area contributed by atoms with Crippen LogP contribution in [0, 0.1) is 0 Å². The van der Waals surface area contributed by atoms with E-state index in [2.05, 4.69) is 31.9 Å². The van der Waals surface area contributed by atoms with Gasteiger partial charge in [-0.3, -0.25) is 4.79 Å². The van der Waals surface area contributed by atoms with Crippen LogP contribution in [0.25, 0.3) is 0 Å². The summed E-state index contributed by atoms with van der Waals surface area (Å²) in [7, 11) is 0. The second kappa shape index (κ2) is 5.69. The van der Waals surface area contributed by atoms with Gasteiger partial charge < -0.3 is 0 Å². The molecular weight excluding hydrogens is 271 g/mol. The number of hydrogen-bond donors (Lipinski definition) is 0. The molecule has 9 heavy (non-hydrogen) atoms. The molecule has 0 fully saturated rings. The van der Waals surface area contributed by atoms with E-state index in [0.717, 1.165) is 18.2 Å². The Bertz CT molecular complexity index is 97.0. The summed E-state index contributed by atoms with van der Waals surface area (Å²) < 4.78 is 0. The van der Waals surface area contributed by atoms with Gasteiger partial charge in [-0.2, -0.15) is 0 Å². The van der Waals surface area contributed by atoms with Crippen LogP contribution in [0.5, 0.6) is 0 Å². The zero-order valence-corrected chi connectivity index (χ0v) is 8.67. The van der Waals surface area contributed by atoms with E-state index in [1.54, 1.807) is 0 Å². The molecule has 0 aromatic heterocycles. The maximum absolute atomic E-state index is 10.4. The third kappa shape index (κ3) is 5.37. The van der Waals surface area contributed by atoms with Crippen LogP contribution in [0.4, 0.5) is 0 Å². The highest BCUT2D eigenvalue weighted by molar-refractivity contribution is 9.10. The molecular formula is C5H7Br2ClO. The van der Waals surface area contributed by atoms with Crippen molar-refractivity contribution in [3.8, 4) is 0 Å². The standard InChI is InChI=1S/C5H7Br2ClO/c6-3-1-2-4(7)5(8)9/h4H,1-3H2. The van der Waals surface area contributed by atoms with Crippen molar-refractivity contribution in [2.75, 3.05) is 5.33 Å². The summed E-state index contributed by atoms with van der Waals surface area (Å²) in [4.78, 5) is 10.2. The second-order valence-corrected chi connectivity index (χ2v) is 3.87. The summed E-state index contributed by atoms with van der Waals surface area (Å²) in [6.45, 7) is 0. The molecule has 0 aliphatic heterocycles. The largest absolute Gasteiger partial charge is 0.280 e. The van der Waals surface area contributed by atoms with E-state index in [9.17, 15) is 4.79 Å². The van der Waals surface area contributed by atoms with Gasteiger partial charge in [0, 0.05) is 5.33 Å². The lowest BCUT2D eigenvalue weighted by Crippen LogP contribution is -2.06. The molecule has 0 aliphatic carbocycles. The average molecular weight is 278 g/mol. The molecule has 0 amide bonds. The maximum atomic E-state index is 10.4. The Hall–Kier alpha value is 0.920. The lowest BCUT2D eigenvalue weighted by molar-refractivity contribution is -0.111. The first kappa shape index (κ1) is 9.92. The third-order valence-corrected chi connectivity index (χ3v) is 2.80. The zero-order valence-electron chi connectivity index (χ0n) is 4.74. The predicted octanol–water partition coefficient (Wildman–Crippen LogP) is 2.69. The quantitative estimate of drug-likeness (QED) is 0.571. The first-order chi connectivity index (χ1) is 4.18. The molecule has 0 saturated carbocycles. The second-order valence-electron chi connectivity index (χ2n) is 1.60. The van der Waals surface area contributed by atoms with Gasteiger partial charge in [0.15, 0.2) is 0 Å². The van der Waals surface area contributed by atoms with Crippen LogP contribution in [-0.4, -0.2) is 15.4 Å². The van der Waals surface area contributed by atoms with Crippen molar-refractivity contribution < 1.29 is 4.79 Å². The fraction of sp³-hybridized carbons (Fsp3) is 0.800. The van der Waals surface area contributed by atoms with Gasteiger partial charge in [-0.1, -0.05) is 31.9 Å². The first-order valence-corrected chi connectivity index (χ1v) is 4.99. The molecule has 0 bridgehead atoms. The van der Waals surface area contributed by atoms with E-state index in [0.29, 0.717) is 0 Å². The molecule has 1 atom stereocenters. The topological polar surface area (TPSA) is 17.1 Å². The van der Waals surface area contributed by atoms with Gasteiger partial charge in [0.1, 0.15) is 0 Å². The summed E-state index contributed by atoms with van der Waals surface area (Å²) in [6, 6.07) is 0. The van der Waals surface area contributed by atoms with Crippen molar-refractivity contribution in [1.29, 1.82) is 0 Å². The molecule has 0 aromatic carbocycles. The fourth-order valence-corrected chi connectivity index (χ4v) is 1.13. The number of carbonyl (C=O) groups excluding carboxylic acids is 1. The Morgan fingerprint density at radius 2 is 2.22 bits per heavy atom. The Morgan fingerprint density at radius 1 is 1.67 bits per heavy atom. The predicted molar refractivity (Wildman–Crippen MR) is 46.6 cm³/mol. The molecule has 0 N–H and O–H groups in total. The van der Waals surface area contributed by atoms with Gasteiger partial charge in [-0.15, -0.1) is 0 Å². The summed E-state index contributed by atoms with van der Waals surface area (Å²) >= 11 is 11.6. The summed E-state index contributed by atoms with van der Waals surface area (Å²) in [5.41, 5.74) is 0. The van der Waals surface area contributed by atoms with Crippen molar-refractivity contribution in [2.45, 2.75) is 17.7 Å². The van der Waals surface area contributed by atoms with E-state index < -0.39 is 0 Å². The van der Waals surface area contributed by atoms with Crippen LogP contribution in [0.2, 0.25) is 0 Å². The van der Waals surface area contributed by atoms with Gasteiger partial charge in [-0.05, 0) is 24.4 Å². The van der Waals surface area contributed by atoms with Crippen molar-refractivity contribution in [2.24, 2.45) is 0 Å². The highest BCUT2D eigenvalue weighted by Crippen LogP contribution is 2.11. The van der Waals surface area contributed by atoms with Crippen LogP contribution in [0.1, 0.15) is 12.8 Å². The molecule has 1 nitrogen and oxygen atoms in total. The van der Waals surface area contributed by atoms with E-state index in [-0.39, 0.29) is 10.1 Å². The first-order valence-electron chi connectivity index (χ1n) is 2.58. The molecule has 0 aromatic rings. The van der Waals surface area contributed by atoms with Gasteiger partial charge in [0.2, 0.25) is 5.24 Å². The molecule has 4 heteroatoms. The highest BCUT2D eigenvalue weighted by atomic mass is 79.9. The molecule has 0 radical (unpaired) electrons. The van der Waals surface area contributed by atoms with E-state index in [4.69, 9.17) is 11.6 Å². The van der Waals surface area contributed by atoms with Crippen LogP contribution in [-0.2, 0) is 4.79 Å². The highest BCUT2D eigenvalue weighted by Gasteiger charge is 2.09. The van der Waals surface area contributed by atoms with Gasteiger partial charge in [0.25, 0.3) is 0 Å². The average Bonchev–Trinajstić information content (AvgIpc) is 1.82. The Labute approximate surface area is 76.4 Å². The van der Waals surface area contributed by atoms with Crippen LogP contribution in [0.15, 0.2) is 0 Å². The smallest absolute Gasteiger partial charge is 0.235 e. The summed E-state index contributed by atoms with van der Waals surface area (Å²) in [5.74, 6) is 0. The maximum Gasteiger partial charge on any atom is 0.235 e. The normalized spacial score (nSPS) is 13.2. The van der Waals surface area contributed by atoms with Crippen molar-refractivity contribution in [3.63, 3.8) is 0 Å². The minimum absolute atomic E-state index is 0.170. The lowest BCUT2D eigenvalue weighted by atomic mass is 10.3. The number of hydrogen-bond acceptors (Lipinski definition) is 1. The Kier molecular flexibility index (Phi) is 6.27. The van der Waals surface area contributed by atoms with Gasteiger partial charge in [0.05, 0.1) is 4.83 Å². The number of alkyl halides is 2. The van der Waals surface area contributed by atoms with E-state index in [1.807, 2.05) is 0 Å². The monoisotopic (exact) mass is 276 g/mol. The minimum atomic E-state index is -0.309. The van der Waals surface area contributed by atoms with Crippen LogP contribution >= 0.6 is 43.5 Å². The minimum Gasteiger partial charge on any atom is -0.280 e. The Balaban J connectivity index is 3.27. The van der Waals surface area contributed by atoms with E-state index in [1.165, 1.54) is 0 Å². The third-order valence-electron chi connectivity index (χ3n) is 0.837. The lowest BCUT2D eigenvalue weighted by Gasteiger charge is -1.99. The summed E-state index contributed by atoms with van der Waals surface area (Å²) in [5, 5.41) is 0.607. The fourth-order valence-electron chi connectivity index (χ4n) is 0.370. The van der Waals surface area contributed by atoms with Crippen LogP contribution < -0.4 is 0 Å². The van der Waals surface area contributed by atoms with Gasteiger partial charge >= 0.3 is 0 Å². The molecule has 0 heterocycles. The molecule has 0 aliphatic rings. The molecule has 54 valence electrons. The number of carbonyl (C=O) groups is 1. The SMILES string of the molecule is O=C(Cl)C(Br)CCCBr. The Morgan fingerprint density at radius 3 is 2.56 bits per heavy atom. The van der Waals surface area contributed by atoms with Crippen molar-refractivity contribution >= 4 is 48.7 Å². The number of halogens is 3. The number of rotatable bonds is 4. The zero-order chi connectivity index (χ0) is 7.28. The molecule has 0 rings (SSSR count). The van der Waals surface area contributed by atoms with Crippen molar-refractivity contribution in [1.82, 2.24) is 0 Å². The molecule has 0 spiro atoms. The van der Waals surface area contributed by atoms with Gasteiger partial charge in [-0.25, -0.2) is 0 Å². The molecule has 0 saturated heterocycles. The van der Waals surface area contributed by atoms with Crippen LogP contribution in [0.3, 0.4) is 0 Å². The van der Waals surface area contributed by atoms with E-state index >= 15 is 0 Å². The van der Waals surface area contributed by atoms with Crippen molar-refractivity contribution in [3.05, 3.63) is 0 Å².